The number of hydrogen-bond donors (Lipinski definition) is 2. The SMILES string of the molecule is Cl.N[C@@H]1CCC[C@H]1CC(=O)Nc1nnc(-c2ccccc2Cl)s1. The minimum absolute atomic E-state index is 0. The van der Waals surface area contributed by atoms with Crippen LogP contribution in [0.3, 0.4) is 0 Å². The van der Waals surface area contributed by atoms with Gasteiger partial charge in [-0.3, -0.25) is 4.79 Å². The van der Waals surface area contributed by atoms with Crippen LogP contribution in [0.4, 0.5) is 5.13 Å². The predicted molar refractivity (Wildman–Crippen MR) is 96.2 cm³/mol. The number of halogens is 2. The minimum atomic E-state index is -0.0517. The van der Waals surface area contributed by atoms with Crippen molar-refractivity contribution in [3.05, 3.63) is 29.3 Å². The van der Waals surface area contributed by atoms with E-state index in [9.17, 15) is 4.79 Å². The van der Waals surface area contributed by atoms with E-state index in [0.717, 1.165) is 24.8 Å². The highest BCUT2D eigenvalue weighted by Gasteiger charge is 2.26. The van der Waals surface area contributed by atoms with E-state index < -0.39 is 0 Å². The number of rotatable bonds is 4. The zero-order valence-electron chi connectivity index (χ0n) is 12.4. The number of amides is 1. The van der Waals surface area contributed by atoms with Crippen molar-refractivity contribution in [1.29, 1.82) is 0 Å². The number of hydrogen-bond acceptors (Lipinski definition) is 5. The molecule has 23 heavy (non-hydrogen) atoms. The average Bonchev–Trinajstić information content (AvgIpc) is 3.10. The fourth-order valence-electron chi connectivity index (χ4n) is 2.74. The normalized spacial score (nSPS) is 20.1. The Morgan fingerprint density at radius 1 is 1.35 bits per heavy atom. The lowest BCUT2D eigenvalue weighted by Crippen LogP contribution is -2.28. The van der Waals surface area contributed by atoms with Crippen molar-refractivity contribution in [3.63, 3.8) is 0 Å². The lowest BCUT2D eigenvalue weighted by Gasteiger charge is -2.13. The van der Waals surface area contributed by atoms with E-state index in [0.29, 0.717) is 21.6 Å². The van der Waals surface area contributed by atoms with Gasteiger partial charge in [0.25, 0.3) is 0 Å². The topological polar surface area (TPSA) is 80.9 Å². The predicted octanol–water partition coefficient (Wildman–Crippen LogP) is 3.74. The van der Waals surface area contributed by atoms with Crippen LogP contribution in [0.2, 0.25) is 5.02 Å². The van der Waals surface area contributed by atoms with E-state index in [1.807, 2.05) is 18.2 Å². The van der Waals surface area contributed by atoms with Crippen LogP contribution >= 0.6 is 35.3 Å². The Morgan fingerprint density at radius 2 is 2.13 bits per heavy atom. The molecule has 1 aliphatic carbocycles. The maximum atomic E-state index is 12.1. The van der Waals surface area contributed by atoms with Crippen LogP contribution < -0.4 is 11.1 Å². The number of nitrogens with one attached hydrogen (secondary N) is 1. The molecule has 1 aliphatic rings. The van der Waals surface area contributed by atoms with Gasteiger partial charge in [-0.1, -0.05) is 47.6 Å². The standard InChI is InChI=1S/C15H17ClN4OS.ClH/c16-11-6-2-1-5-10(11)14-19-20-15(22-14)18-13(21)8-9-4-3-7-12(9)17;/h1-2,5-6,9,12H,3-4,7-8,17H2,(H,18,20,21);1H/t9-,12+;/m0./s1. The molecule has 1 saturated carbocycles. The molecule has 0 bridgehead atoms. The molecule has 0 unspecified atom stereocenters. The van der Waals surface area contributed by atoms with Crippen LogP contribution in [-0.4, -0.2) is 22.1 Å². The van der Waals surface area contributed by atoms with E-state index in [2.05, 4.69) is 15.5 Å². The summed E-state index contributed by atoms with van der Waals surface area (Å²) >= 11 is 7.46. The minimum Gasteiger partial charge on any atom is -0.327 e. The Morgan fingerprint density at radius 3 is 2.83 bits per heavy atom. The number of carbonyl (C=O) groups excluding carboxylic acids is 1. The second-order valence-electron chi connectivity index (χ2n) is 5.50. The highest BCUT2D eigenvalue weighted by atomic mass is 35.5. The second-order valence-corrected chi connectivity index (χ2v) is 6.88. The first-order valence-corrected chi connectivity index (χ1v) is 8.47. The fourth-order valence-corrected chi connectivity index (χ4v) is 3.83. The number of nitrogens with zero attached hydrogens (tertiary/aromatic N) is 2. The first kappa shape index (κ1) is 18.1. The molecule has 1 amide bonds. The molecule has 0 spiro atoms. The number of aromatic nitrogens is 2. The van der Waals surface area contributed by atoms with Gasteiger partial charge in [0, 0.05) is 18.0 Å². The zero-order valence-corrected chi connectivity index (χ0v) is 14.8. The Bertz CT molecular complexity index is 679. The highest BCUT2D eigenvalue weighted by molar-refractivity contribution is 7.18. The third kappa shape index (κ3) is 4.41. The van der Waals surface area contributed by atoms with Crippen LogP contribution in [-0.2, 0) is 4.79 Å². The van der Waals surface area contributed by atoms with Crippen molar-refractivity contribution in [3.8, 4) is 10.6 Å². The summed E-state index contributed by atoms with van der Waals surface area (Å²) in [6.45, 7) is 0. The molecule has 1 heterocycles. The molecule has 1 aromatic carbocycles. The number of anilines is 1. The summed E-state index contributed by atoms with van der Waals surface area (Å²) in [7, 11) is 0. The van der Waals surface area contributed by atoms with Crippen molar-refractivity contribution < 1.29 is 4.79 Å². The average molecular weight is 373 g/mol. The summed E-state index contributed by atoms with van der Waals surface area (Å²) in [6, 6.07) is 7.58. The number of nitrogens with two attached hydrogens (primary N) is 1. The Hall–Kier alpha value is -1.21. The summed E-state index contributed by atoms with van der Waals surface area (Å²) in [5.74, 6) is 0.222. The molecule has 3 rings (SSSR count). The Labute approximate surface area is 150 Å². The second kappa shape index (κ2) is 8.06. The van der Waals surface area contributed by atoms with Gasteiger partial charge in [0.1, 0.15) is 0 Å². The molecule has 5 nitrogen and oxygen atoms in total. The maximum absolute atomic E-state index is 12.1. The molecule has 0 radical (unpaired) electrons. The molecular formula is C15H18Cl2N4OS. The summed E-state index contributed by atoms with van der Waals surface area (Å²) in [6.07, 6.45) is 3.58. The third-order valence-corrected chi connectivity index (χ3v) is 5.14. The van der Waals surface area contributed by atoms with Gasteiger partial charge in [-0.15, -0.1) is 22.6 Å². The zero-order chi connectivity index (χ0) is 15.5. The molecule has 0 saturated heterocycles. The van der Waals surface area contributed by atoms with E-state index in [1.165, 1.54) is 11.3 Å². The molecule has 2 aromatic rings. The highest BCUT2D eigenvalue weighted by Crippen LogP contribution is 2.32. The molecule has 124 valence electrons. The summed E-state index contributed by atoms with van der Waals surface area (Å²) in [5.41, 5.74) is 6.82. The monoisotopic (exact) mass is 372 g/mol. The maximum Gasteiger partial charge on any atom is 0.226 e. The molecule has 1 fully saturated rings. The number of benzene rings is 1. The molecular weight excluding hydrogens is 355 g/mol. The summed E-state index contributed by atoms with van der Waals surface area (Å²) in [5, 5.41) is 12.7. The third-order valence-electron chi connectivity index (χ3n) is 3.94. The number of carbonyl (C=O) groups is 1. The van der Waals surface area contributed by atoms with Crippen LogP contribution in [0, 0.1) is 5.92 Å². The van der Waals surface area contributed by atoms with Crippen molar-refractivity contribution in [2.75, 3.05) is 5.32 Å². The van der Waals surface area contributed by atoms with Gasteiger partial charge in [-0.2, -0.15) is 0 Å². The van der Waals surface area contributed by atoms with E-state index in [1.54, 1.807) is 6.07 Å². The molecule has 2 atom stereocenters. The van der Waals surface area contributed by atoms with Crippen molar-refractivity contribution in [2.45, 2.75) is 31.7 Å². The lowest BCUT2D eigenvalue weighted by molar-refractivity contribution is -0.117. The fraction of sp³-hybridized carbons (Fsp3) is 0.400. The Balaban J connectivity index is 0.00000192. The van der Waals surface area contributed by atoms with Crippen LogP contribution in [0.25, 0.3) is 10.6 Å². The van der Waals surface area contributed by atoms with Gasteiger partial charge in [-0.05, 0) is 24.8 Å². The Kier molecular flexibility index (Phi) is 6.35. The quantitative estimate of drug-likeness (QED) is 0.856. The van der Waals surface area contributed by atoms with Gasteiger partial charge < -0.3 is 11.1 Å². The first-order chi connectivity index (χ1) is 10.6. The van der Waals surface area contributed by atoms with Gasteiger partial charge >= 0.3 is 0 Å². The van der Waals surface area contributed by atoms with Crippen LogP contribution in [0.5, 0.6) is 0 Å². The molecule has 0 aliphatic heterocycles. The van der Waals surface area contributed by atoms with Gasteiger partial charge in [0.15, 0.2) is 5.01 Å². The van der Waals surface area contributed by atoms with E-state index >= 15 is 0 Å². The van der Waals surface area contributed by atoms with E-state index in [4.69, 9.17) is 17.3 Å². The molecule has 8 heteroatoms. The summed E-state index contributed by atoms with van der Waals surface area (Å²) < 4.78 is 0. The van der Waals surface area contributed by atoms with Crippen molar-refractivity contribution >= 4 is 46.4 Å². The van der Waals surface area contributed by atoms with Gasteiger partial charge in [0.2, 0.25) is 11.0 Å². The van der Waals surface area contributed by atoms with Gasteiger partial charge in [-0.25, -0.2) is 0 Å². The van der Waals surface area contributed by atoms with E-state index in [-0.39, 0.29) is 30.3 Å². The van der Waals surface area contributed by atoms with Crippen LogP contribution in [0.1, 0.15) is 25.7 Å². The molecule has 3 N–H and O–H groups in total. The molecule has 1 aromatic heterocycles. The smallest absolute Gasteiger partial charge is 0.226 e. The van der Waals surface area contributed by atoms with Crippen molar-refractivity contribution in [2.24, 2.45) is 11.7 Å². The first-order valence-electron chi connectivity index (χ1n) is 7.27. The lowest BCUT2D eigenvalue weighted by atomic mass is 10.00. The van der Waals surface area contributed by atoms with Crippen molar-refractivity contribution in [1.82, 2.24) is 10.2 Å². The summed E-state index contributed by atoms with van der Waals surface area (Å²) in [4.78, 5) is 12.1. The van der Waals surface area contributed by atoms with Crippen LogP contribution in [0.15, 0.2) is 24.3 Å². The van der Waals surface area contributed by atoms with Gasteiger partial charge in [0.05, 0.1) is 5.02 Å². The largest absolute Gasteiger partial charge is 0.327 e.